The Hall–Kier alpha value is -0.940. The molecule has 0 aromatic carbocycles. The summed E-state index contributed by atoms with van der Waals surface area (Å²) in [7, 11) is 0. The molecule has 1 saturated heterocycles. The van der Waals surface area contributed by atoms with Crippen molar-refractivity contribution in [3.8, 4) is 0 Å². The van der Waals surface area contributed by atoms with E-state index in [0.717, 1.165) is 43.2 Å². The summed E-state index contributed by atoms with van der Waals surface area (Å²) in [5.41, 5.74) is 0.855. The summed E-state index contributed by atoms with van der Waals surface area (Å²) in [6, 6.07) is 0. The fourth-order valence-corrected chi connectivity index (χ4v) is 3.72. The van der Waals surface area contributed by atoms with Crippen molar-refractivity contribution >= 4 is 17.3 Å². The van der Waals surface area contributed by atoms with Crippen molar-refractivity contribution in [1.82, 2.24) is 9.88 Å². The second kappa shape index (κ2) is 4.97. The molecule has 0 radical (unpaired) electrons. The molecule has 2 fully saturated rings. The summed E-state index contributed by atoms with van der Waals surface area (Å²) < 4.78 is 0. The van der Waals surface area contributed by atoms with Crippen molar-refractivity contribution in [2.24, 2.45) is 0 Å². The van der Waals surface area contributed by atoms with E-state index in [9.17, 15) is 9.90 Å². The van der Waals surface area contributed by atoms with E-state index in [1.165, 1.54) is 30.6 Å². The maximum Gasteiger partial charge on any atom is 0.347 e. The van der Waals surface area contributed by atoms with Crippen molar-refractivity contribution in [3.05, 3.63) is 15.6 Å². The lowest BCUT2D eigenvalue weighted by molar-refractivity contribution is 0.0699. The Morgan fingerprint density at radius 1 is 1.33 bits per heavy atom. The van der Waals surface area contributed by atoms with Crippen LogP contribution < -0.4 is 0 Å². The van der Waals surface area contributed by atoms with Gasteiger partial charge in [-0.1, -0.05) is 6.42 Å². The highest BCUT2D eigenvalue weighted by molar-refractivity contribution is 7.13. The van der Waals surface area contributed by atoms with Crippen molar-refractivity contribution < 1.29 is 9.90 Å². The Morgan fingerprint density at radius 3 is 2.61 bits per heavy atom. The number of hydrogen-bond acceptors (Lipinski definition) is 4. The quantitative estimate of drug-likeness (QED) is 0.910. The standard InChI is InChI=1S/C13H18N2O2S/c16-13(17)12-11(9-4-3-5-9)14-10(18-12)8-15-6-1-2-7-15/h9H,1-8H2,(H,16,17). The van der Waals surface area contributed by atoms with Gasteiger partial charge in [0.05, 0.1) is 12.2 Å². The Labute approximate surface area is 111 Å². The molecule has 0 unspecified atom stereocenters. The number of thiazole rings is 1. The van der Waals surface area contributed by atoms with Crippen LogP contribution in [0.1, 0.15) is 58.4 Å². The smallest absolute Gasteiger partial charge is 0.347 e. The third-order valence-electron chi connectivity index (χ3n) is 3.94. The summed E-state index contributed by atoms with van der Waals surface area (Å²) in [5, 5.41) is 10.2. The maximum absolute atomic E-state index is 11.3. The molecule has 1 saturated carbocycles. The van der Waals surface area contributed by atoms with Crippen LogP contribution in [0.3, 0.4) is 0 Å². The third kappa shape index (κ3) is 2.29. The largest absolute Gasteiger partial charge is 0.477 e. The van der Waals surface area contributed by atoms with Crippen LogP contribution in [0.25, 0.3) is 0 Å². The van der Waals surface area contributed by atoms with Gasteiger partial charge in [0.15, 0.2) is 0 Å². The molecule has 0 bridgehead atoms. The van der Waals surface area contributed by atoms with Crippen LogP contribution in [-0.4, -0.2) is 34.0 Å². The fraction of sp³-hybridized carbons (Fsp3) is 0.692. The highest BCUT2D eigenvalue weighted by Crippen LogP contribution is 2.39. The van der Waals surface area contributed by atoms with E-state index >= 15 is 0 Å². The molecule has 0 amide bonds. The van der Waals surface area contributed by atoms with Gasteiger partial charge in [0.25, 0.3) is 0 Å². The van der Waals surface area contributed by atoms with E-state index in [1.807, 2.05) is 0 Å². The molecule has 18 heavy (non-hydrogen) atoms. The average molecular weight is 266 g/mol. The van der Waals surface area contributed by atoms with E-state index in [-0.39, 0.29) is 0 Å². The first kappa shape index (κ1) is 12.1. The molecule has 1 aliphatic heterocycles. The monoisotopic (exact) mass is 266 g/mol. The van der Waals surface area contributed by atoms with E-state index < -0.39 is 5.97 Å². The summed E-state index contributed by atoms with van der Waals surface area (Å²) in [6.07, 6.45) is 5.93. The minimum Gasteiger partial charge on any atom is -0.477 e. The Kier molecular flexibility index (Phi) is 3.35. The fourth-order valence-electron chi connectivity index (χ4n) is 2.69. The van der Waals surface area contributed by atoms with E-state index in [4.69, 9.17) is 0 Å². The number of aromatic nitrogens is 1. The van der Waals surface area contributed by atoms with Crippen LogP contribution in [0.4, 0.5) is 0 Å². The van der Waals surface area contributed by atoms with Crippen LogP contribution in [0.2, 0.25) is 0 Å². The number of carboxylic acids is 1. The molecule has 3 rings (SSSR count). The summed E-state index contributed by atoms with van der Waals surface area (Å²) in [5.74, 6) is -0.401. The first-order chi connectivity index (χ1) is 8.74. The van der Waals surface area contributed by atoms with Crippen LogP contribution in [-0.2, 0) is 6.54 Å². The molecular weight excluding hydrogens is 248 g/mol. The van der Waals surface area contributed by atoms with E-state index in [1.54, 1.807) is 0 Å². The molecule has 1 N–H and O–H groups in total. The normalized spacial score (nSPS) is 21.1. The molecule has 1 aromatic heterocycles. The van der Waals surface area contributed by atoms with Gasteiger partial charge in [-0.05, 0) is 38.8 Å². The van der Waals surface area contributed by atoms with Gasteiger partial charge in [-0.15, -0.1) is 11.3 Å². The van der Waals surface area contributed by atoms with Crippen LogP contribution in [0.5, 0.6) is 0 Å². The first-order valence-electron chi connectivity index (χ1n) is 6.69. The zero-order chi connectivity index (χ0) is 12.5. The zero-order valence-electron chi connectivity index (χ0n) is 10.4. The summed E-state index contributed by atoms with van der Waals surface area (Å²) >= 11 is 1.38. The number of carboxylic acid groups (broad SMARTS) is 1. The molecule has 1 aliphatic carbocycles. The second-order valence-electron chi connectivity index (χ2n) is 5.24. The van der Waals surface area contributed by atoms with Gasteiger partial charge >= 0.3 is 5.97 Å². The minimum atomic E-state index is -0.804. The number of likely N-dealkylation sites (tertiary alicyclic amines) is 1. The molecule has 5 heteroatoms. The Balaban J connectivity index is 1.79. The third-order valence-corrected chi connectivity index (χ3v) is 4.99. The predicted molar refractivity (Wildman–Crippen MR) is 70.2 cm³/mol. The molecule has 2 aliphatic rings. The average Bonchev–Trinajstić information content (AvgIpc) is 2.86. The highest BCUT2D eigenvalue weighted by Gasteiger charge is 2.29. The second-order valence-corrected chi connectivity index (χ2v) is 6.32. The van der Waals surface area contributed by atoms with Crippen molar-refractivity contribution in [2.45, 2.75) is 44.6 Å². The lowest BCUT2D eigenvalue weighted by atomic mass is 9.82. The predicted octanol–water partition coefficient (Wildman–Crippen LogP) is 2.70. The van der Waals surface area contributed by atoms with Gasteiger partial charge < -0.3 is 5.11 Å². The highest BCUT2D eigenvalue weighted by atomic mass is 32.1. The van der Waals surface area contributed by atoms with Gasteiger partial charge in [0.1, 0.15) is 9.88 Å². The number of aromatic carboxylic acids is 1. The molecule has 0 atom stereocenters. The van der Waals surface area contributed by atoms with Crippen molar-refractivity contribution in [1.29, 1.82) is 0 Å². The van der Waals surface area contributed by atoms with Crippen LogP contribution in [0, 0.1) is 0 Å². The summed E-state index contributed by atoms with van der Waals surface area (Å²) in [4.78, 5) is 18.7. The lowest BCUT2D eigenvalue weighted by Crippen LogP contribution is -2.18. The summed E-state index contributed by atoms with van der Waals surface area (Å²) in [6.45, 7) is 3.08. The molecule has 98 valence electrons. The molecule has 0 spiro atoms. The van der Waals surface area contributed by atoms with E-state index in [2.05, 4.69) is 9.88 Å². The Bertz CT molecular complexity index is 448. The van der Waals surface area contributed by atoms with Crippen LogP contribution in [0.15, 0.2) is 0 Å². The topological polar surface area (TPSA) is 53.4 Å². The Morgan fingerprint density at radius 2 is 2.06 bits per heavy atom. The number of rotatable bonds is 4. The van der Waals surface area contributed by atoms with Gasteiger partial charge in [-0.25, -0.2) is 9.78 Å². The molecule has 1 aromatic rings. The van der Waals surface area contributed by atoms with Gasteiger partial charge in [0.2, 0.25) is 0 Å². The molecule has 2 heterocycles. The SMILES string of the molecule is O=C(O)c1sc(CN2CCCC2)nc1C1CCC1. The molecule has 4 nitrogen and oxygen atoms in total. The van der Waals surface area contributed by atoms with Gasteiger partial charge in [-0.2, -0.15) is 0 Å². The lowest BCUT2D eigenvalue weighted by Gasteiger charge is -2.23. The maximum atomic E-state index is 11.3. The van der Waals surface area contributed by atoms with E-state index in [0.29, 0.717) is 10.8 Å². The zero-order valence-corrected chi connectivity index (χ0v) is 11.2. The van der Waals surface area contributed by atoms with Gasteiger partial charge in [-0.3, -0.25) is 4.90 Å². The number of carbonyl (C=O) groups is 1. The molecular formula is C13H18N2O2S. The minimum absolute atomic E-state index is 0.402. The van der Waals surface area contributed by atoms with Crippen molar-refractivity contribution in [3.63, 3.8) is 0 Å². The van der Waals surface area contributed by atoms with Gasteiger partial charge in [0, 0.05) is 5.92 Å². The first-order valence-corrected chi connectivity index (χ1v) is 7.51. The van der Waals surface area contributed by atoms with Crippen LogP contribution >= 0.6 is 11.3 Å². The number of hydrogen-bond donors (Lipinski definition) is 1. The number of nitrogens with zero attached hydrogens (tertiary/aromatic N) is 2. The van der Waals surface area contributed by atoms with Crippen molar-refractivity contribution in [2.75, 3.05) is 13.1 Å².